The summed E-state index contributed by atoms with van der Waals surface area (Å²) < 4.78 is 5.30. The van der Waals surface area contributed by atoms with Crippen molar-refractivity contribution in [1.82, 2.24) is 10.3 Å². The highest BCUT2D eigenvalue weighted by Crippen LogP contribution is 2.24. The van der Waals surface area contributed by atoms with E-state index in [4.69, 9.17) is 10.5 Å². The highest BCUT2D eigenvalue weighted by molar-refractivity contribution is 7.11. The largest absolute Gasteiger partial charge is 0.381 e. The lowest BCUT2D eigenvalue weighted by atomic mass is 9.92. The first-order valence-corrected chi connectivity index (χ1v) is 8.38. The van der Waals surface area contributed by atoms with Crippen LogP contribution in [0, 0.1) is 12.8 Å². The van der Waals surface area contributed by atoms with Crippen molar-refractivity contribution in [2.45, 2.75) is 52.1 Å². The van der Waals surface area contributed by atoms with Crippen molar-refractivity contribution < 1.29 is 9.53 Å². The number of ether oxygens (including phenoxy) is 1. The van der Waals surface area contributed by atoms with Crippen molar-refractivity contribution in [3.05, 3.63) is 15.6 Å². The van der Waals surface area contributed by atoms with E-state index in [1.165, 1.54) is 4.88 Å². The Labute approximate surface area is 130 Å². The predicted molar refractivity (Wildman–Crippen MR) is 84.3 cm³/mol. The summed E-state index contributed by atoms with van der Waals surface area (Å²) >= 11 is 1.65. The Kier molecular flexibility index (Phi) is 5.72. The first-order valence-electron chi connectivity index (χ1n) is 7.56. The van der Waals surface area contributed by atoms with E-state index < -0.39 is 6.04 Å². The van der Waals surface area contributed by atoms with Crippen LogP contribution in [0.4, 0.5) is 0 Å². The third-order valence-corrected chi connectivity index (χ3v) is 4.90. The van der Waals surface area contributed by atoms with Crippen LogP contribution in [0.3, 0.4) is 0 Å². The van der Waals surface area contributed by atoms with Gasteiger partial charge in [-0.3, -0.25) is 4.79 Å². The summed E-state index contributed by atoms with van der Waals surface area (Å²) in [5, 5.41) is 3.87. The fraction of sp³-hybridized carbons (Fsp3) is 0.733. The van der Waals surface area contributed by atoms with Gasteiger partial charge in [-0.2, -0.15) is 0 Å². The Morgan fingerprint density at radius 1 is 1.48 bits per heavy atom. The standard InChI is InChI=1S/C15H25N3O2S/c1-9(2)14-10(3)21-12(18-14)8-17-15(19)13(16)11-4-6-20-7-5-11/h9,11,13H,4-8,16H2,1-3H3,(H,17,19). The SMILES string of the molecule is Cc1sc(CNC(=O)C(N)C2CCOCC2)nc1C(C)C. The number of hydrogen-bond donors (Lipinski definition) is 2. The first kappa shape index (κ1) is 16.4. The molecule has 1 fully saturated rings. The number of nitrogens with two attached hydrogens (primary N) is 1. The number of nitrogens with one attached hydrogen (secondary N) is 1. The van der Waals surface area contributed by atoms with E-state index in [0.717, 1.165) is 23.5 Å². The highest BCUT2D eigenvalue weighted by Gasteiger charge is 2.26. The molecule has 6 heteroatoms. The molecule has 0 aliphatic carbocycles. The molecule has 1 aliphatic rings. The van der Waals surface area contributed by atoms with Crippen molar-refractivity contribution in [3.8, 4) is 0 Å². The molecule has 2 rings (SSSR count). The van der Waals surface area contributed by atoms with Gasteiger partial charge in [0.15, 0.2) is 0 Å². The second kappa shape index (κ2) is 7.33. The van der Waals surface area contributed by atoms with Crippen LogP contribution in [-0.4, -0.2) is 30.1 Å². The van der Waals surface area contributed by atoms with E-state index in [9.17, 15) is 4.79 Å². The van der Waals surface area contributed by atoms with Gasteiger partial charge < -0.3 is 15.8 Å². The zero-order valence-corrected chi connectivity index (χ0v) is 13.8. The number of nitrogens with zero attached hydrogens (tertiary/aromatic N) is 1. The molecule has 1 unspecified atom stereocenters. The smallest absolute Gasteiger partial charge is 0.237 e. The second-order valence-electron chi connectivity index (χ2n) is 5.90. The lowest BCUT2D eigenvalue weighted by Crippen LogP contribution is -2.46. The zero-order valence-electron chi connectivity index (χ0n) is 13.0. The minimum Gasteiger partial charge on any atom is -0.381 e. The average Bonchev–Trinajstić information content (AvgIpc) is 2.86. The monoisotopic (exact) mass is 311 g/mol. The topological polar surface area (TPSA) is 77.2 Å². The number of hydrogen-bond acceptors (Lipinski definition) is 5. The quantitative estimate of drug-likeness (QED) is 0.871. The van der Waals surface area contributed by atoms with E-state index in [1.54, 1.807) is 11.3 Å². The minimum atomic E-state index is -0.445. The predicted octanol–water partition coefficient (Wildman–Crippen LogP) is 1.95. The van der Waals surface area contributed by atoms with Gasteiger partial charge in [-0.25, -0.2) is 4.98 Å². The van der Waals surface area contributed by atoms with Gasteiger partial charge in [0, 0.05) is 18.1 Å². The molecule has 0 bridgehead atoms. The second-order valence-corrected chi connectivity index (χ2v) is 7.18. The van der Waals surface area contributed by atoms with Crippen molar-refractivity contribution in [1.29, 1.82) is 0 Å². The van der Waals surface area contributed by atoms with Gasteiger partial charge in [0.25, 0.3) is 0 Å². The molecule has 1 aromatic heterocycles. The molecule has 2 heterocycles. The molecule has 1 atom stereocenters. The molecule has 0 saturated carbocycles. The number of carbonyl (C=O) groups excluding carboxylic acids is 1. The number of rotatable bonds is 5. The Balaban J connectivity index is 1.87. The van der Waals surface area contributed by atoms with E-state index in [-0.39, 0.29) is 11.8 Å². The van der Waals surface area contributed by atoms with Gasteiger partial charge in [0.1, 0.15) is 5.01 Å². The van der Waals surface area contributed by atoms with Crippen LogP contribution < -0.4 is 11.1 Å². The van der Waals surface area contributed by atoms with Crippen molar-refractivity contribution >= 4 is 17.2 Å². The molecular formula is C15H25N3O2S. The van der Waals surface area contributed by atoms with Gasteiger partial charge in [-0.15, -0.1) is 11.3 Å². The van der Waals surface area contributed by atoms with Crippen LogP contribution in [0.1, 0.15) is 48.2 Å². The lowest BCUT2D eigenvalue weighted by molar-refractivity contribution is -0.124. The number of aromatic nitrogens is 1. The number of carbonyl (C=O) groups is 1. The summed E-state index contributed by atoms with van der Waals surface area (Å²) in [5.41, 5.74) is 7.18. The molecule has 0 radical (unpaired) electrons. The maximum Gasteiger partial charge on any atom is 0.237 e. The van der Waals surface area contributed by atoms with Gasteiger partial charge in [0.2, 0.25) is 5.91 Å². The Hall–Kier alpha value is -0.980. The van der Waals surface area contributed by atoms with Crippen LogP contribution in [0.5, 0.6) is 0 Å². The molecule has 0 spiro atoms. The summed E-state index contributed by atoms with van der Waals surface area (Å²) in [5.74, 6) is 0.555. The lowest BCUT2D eigenvalue weighted by Gasteiger charge is -2.26. The third kappa shape index (κ3) is 4.25. The maximum absolute atomic E-state index is 12.1. The maximum atomic E-state index is 12.1. The Morgan fingerprint density at radius 2 is 2.14 bits per heavy atom. The van der Waals surface area contributed by atoms with Gasteiger partial charge in [0.05, 0.1) is 18.3 Å². The molecule has 1 aromatic rings. The van der Waals surface area contributed by atoms with Crippen LogP contribution in [-0.2, 0) is 16.1 Å². The Bertz CT molecular complexity index is 481. The molecule has 118 valence electrons. The van der Waals surface area contributed by atoms with Crippen LogP contribution in [0.15, 0.2) is 0 Å². The summed E-state index contributed by atoms with van der Waals surface area (Å²) in [6, 6.07) is -0.445. The molecule has 1 aliphatic heterocycles. The zero-order chi connectivity index (χ0) is 15.4. The van der Waals surface area contributed by atoms with E-state index in [1.807, 2.05) is 0 Å². The van der Waals surface area contributed by atoms with Gasteiger partial charge in [-0.05, 0) is 31.6 Å². The first-order chi connectivity index (χ1) is 9.99. The van der Waals surface area contributed by atoms with E-state index in [0.29, 0.717) is 25.7 Å². The van der Waals surface area contributed by atoms with Crippen molar-refractivity contribution in [2.24, 2.45) is 11.7 Å². The third-order valence-electron chi connectivity index (χ3n) is 3.91. The Morgan fingerprint density at radius 3 is 2.71 bits per heavy atom. The van der Waals surface area contributed by atoms with Gasteiger partial charge in [-0.1, -0.05) is 13.8 Å². The summed E-state index contributed by atoms with van der Waals surface area (Å²) in [7, 11) is 0. The van der Waals surface area contributed by atoms with Crippen molar-refractivity contribution in [2.75, 3.05) is 13.2 Å². The number of aryl methyl sites for hydroxylation is 1. The molecule has 1 saturated heterocycles. The van der Waals surface area contributed by atoms with Gasteiger partial charge >= 0.3 is 0 Å². The fourth-order valence-corrected chi connectivity index (χ4v) is 3.67. The number of amides is 1. The molecule has 0 aromatic carbocycles. The summed E-state index contributed by atoms with van der Waals surface area (Å²) in [6.07, 6.45) is 1.73. The van der Waals surface area contributed by atoms with Crippen LogP contribution in [0.25, 0.3) is 0 Å². The highest BCUT2D eigenvalue weighted by atomic mass is 32.1. The number of thiazole rings is 1. The van der Waals surface area contributed by atoms with E-state index in [2.05, 4.69) is 31.1 Å². The average molecular weight is 311 g/mol. The van der Waals surface area contributed by atoms with Crippen LogP contribution >= 0.6 is 11.3 Å². The molecule has 1 amide bonds. The fourth-order valence-electron chi connectivity index (χ4n) is 2.65. The molecular weight excluding hydrogens is 286 g/mol. The molecule has 5 nitrogen and oxygen atoms in total. The van der Waals surface area contributed by atoms with E-state index >= 15 is 0 Å². The molecule has 21 heavy (non-hydrogen) atoms. The van der Waals surface area contributed by atoms with Crippen molar-refractivity contribution in [3.63, 3.8) is 0 Å². The van der Waals surface area contributed by atoms with Crippen LogP contribution in [0.2, 0.25) is 0 Å². The summed E-state index contributed by atoms with van der Waals surface area (Å²) in [4.78, 5) is 18.0. The minimum absolute atomic E-state index is 0.0825. The molecule has 3 N–H and O–H groups in total. The normalized spacial score (nSPS) is 18.0. The summed E-state index contributed by atoms with van der Waals surface area (Å²) in [6.45, 7) is 8.21.